The third-order valence-electron chi connectivity index (χ3n) is 3.60. The minimum absolute atomic E-state index is 0.164. The minimum atomic E-state index is -0.343. The van der Waals surface area contributed by atoms with Crippen molar-refractivity contribution in [2.24, 2.45) is 11.7 Å². The third-order valence-corrected chi connectivity index (χ3v) is 3.60. The van der Waals surface area contributed by atoms with Crippen molar-refractivity contribution in [3.63, 3.8) is 0 Å². The van der Waals surface area contributed by atoms with Gasteiger partial charge in [-0.2, -0.15) is 0 Å². The third kappa shape index (κ3) is 2.98. The van der Waals surface area contributed by atoms with E-state index in [0.29, 0.717) is 5.92 Å². The number of non-ortho nitro benzene ring substituents is 1. The predicted octanol–water partition coefficient (Wildman–Crippen LogP) is 2.16. The lowest BCUT2D eigenvalue weighted by Gasteiger charge is -2.33. The molecule has 0 atom stereocenters. The normalized spacial score (nSPS) is 16.8. The zero-order chi connectivity index (χ0) is 13.0. The van der Waals surface area contributed by atoms with E-state index in [9.17, 15) is 10.1 Å². The highest BCUT2D eigenvalue weighted by atomic mass is 16.6. The van der Waals surface area contributed by atoms with Crippen molar-refractivity contribution >= 4 is 11.4 Å². The Balaban J connectivity index is 2.01. The highest BCUT2D eigenvalue weighted by Gasteiger charge is 2.19. The maximum absolute atomic E-state index is 10.7. The van der Waals surface area contributed by atoms with Crippen LogP contribution in [-0.4, -0.2) is 24.6 Å². The Hall–Kier alpha value is -1.62. The van der Waals surface area contributed by atoms with Gasteiger partial charge in [0, 0.05) is 30.9 Å². The number of piperidine rings is 1. The zero-order valence-electron chi connectivity index (χ0n) is 10.4. The number of nitrogens with zero attached hydrogens (tertiary/aromatic N) is 2. The summed E-state index contributed by atoms with van der Waals surface area (Å²) < 4.78 is 0. The van der Waals surface area contributed by atoms with Gasteiger partial charge in [-0.05, 0) is 37.8 Å². The van der Waals surface area contributed by atoms with Crippen LogP contribution in [-0.2, 0) is 0 Å². The molecule has 0 amide bonds. The van der Waals surface area contributed by atoms with Crippen LogP contribution in [0.15, 0.2) is 24.3 Å². The van der Waals surface area contributed by atoms with Crippen LogP contribution in [0.5, 0.6) is 0 Å². The van der Waals surface area contributed by atoms with E-state index in [1.165, 1.54) is 6.07 Å². The van der Waals surface area contributed by atoms with Gasteiger partial charge in [0.2, 0.25) is 0 Å². The van der Waals surface area contributed by atoms with Crippen molar-refractivity contribution in [1.82, 2.24) is 0 Å². The second-order valence-electron chi connectivity index (χ2n) is 4.78. The molecule has 0 unspecified atom stereocenters. The second-order valence-corrected chi connectivity index (χ2v) is 4.78. The molecule has 5 nitrogen and oxygen atoms in total. The molecule has 1 heterocycles. The lowest BCUT2D eigenvalue weighted by atomic mass is 9.93. The van der Waals surface area contributed by atoms with Crippen molar-refractivity contribution in [1.29, 1.82) is 0 Å². The van der Waals surface area contributed by atoms with E-state index in [1.807, 2.05) is 6.07 Å². The summed E-state index contributed by atoms with van der Waals surface area (Å²) in [7, 11) is 0. The lowest BCUT2D eigenvalue weighted by molar-refractivity contribution is -0.384. The number of nitro benzene ring substituents is 1. The molecule has 2 rings (SSSR count). The Morgan fingerprint density at radius 3 is 2.72 bits per heavy atom. The van der Waals surface area contributed by atoms with Crippen LogP contribution < -0.4 is 10.6 Å². The van der Waals surface area contributed by atoms with Gasteiger partial charge >= 0.3 is 0 Å². The maximum Gasteiger partial charge on any atom is 0.271 e. The smallest absolute Gasteiger partial charge is 0.271 e. The lowest BCUT2D eigenvalue weighted by Crippen LogP contribution is -2.34. The van der Waals surface area contributed by atoms with E-state index in [4.69, 9.17) is 5.73 Å². The Morgan fingerprint density at radius 2 is 2.11 bits per heavy atom. The molecular weight excluding hydrogens is 230 g/mol. The first-order valence-corrected chi connectivity index (χ1v) is 6.40. The first-order chi connectivity index (χ1) is 8.70. The monoisotopic (exact) mass is 249 g/mol. The van der Waals surface area contributed by atoms with E-state index >= 15 is 0 Å². The van der Waals surface area contributed by atoms with Crippen LogP contribution >= 0.6 is 0 Å². The Kier molecular flexibility index (Phi) is 4.15. The van der Waals surface area contributed by atoms with Gasteiger partial charge in [-0.3, -0.25) is 10.1 Å². The SMILES string of the molecule is NCCC1CCN(c2cccc([N+](=O)[O-])c2)CC1. The van der Waals surface area contributed by atoms with E-state index < -0.39 is 0 Å². The fourth-order valence-corrected chi connectivity index (χ4v) is 2.52. The molecule has 1 fully saturated rings. The molecule has 1 aromatic carbocycles. The topological polar surface area (TPSA) is 72.4 Å². The first-order valence-electron chi connectivity index (χ1n) is 6.40. The van der Waals surface area contributed by atoms with Crippen molar-refractivity contribution in [2.75, 3.05) is 24.5 Å². The van der Waals surface area contributed by atoms with Gasteiger partial charge in [0.25, 0.3) is 5.69 Å². The molecule has 0 bridgehead atoms. The molecule has 1 aliphatic heterocycles. The second kappa shape index (κ2) is 5.82. The van der Waals surface area contributed by atoms with Crippen LogP contribution in [0.4, 0.5) is 11.4 Å². The highest BCUT2D eigenvalue weighted by Crippen LogP contribution is 2.27. The van der Waals surface area contributed by atoms with Crippen LogP contribution in [0.1, 0.15) is 19.3 Å². The van der Waals surface area contributed by atoms with Gasteiger partial charge in [0.15, 0.2) is 0 Å². The van der Waals surface area contributed by atoms with Crippen molar-refractivity contribution in [3.05, 3.63) is 34.4 Å². The largest absolute Gasteiger partial charge is 0.371 e. The summed E-state index contributed by atoms with van der Waals surface area (Å²) in [6, 6.07) is 6.88. The van der Waals surface area contributed by atoms with Gasteiger partial charge < -0.3 is 10.6 Å². The summed E-state index contributed by atoms with van der Waals surface area (Å²) in [5, 5.41) is 10.7. The van der Waals surface area contributed by atoms with Gasteiger partial charge in [-0.15, -0.1) is 0 Å². The average Bonchev–Trinajstić information content (AvgIpc) is 2.40. The first kappa shape index (κ1) is 12.8. The number of nitro groups is 1. The summed E-state index contributed by atoms with van der Waals surface area (Å²) in [4.78, 5) is 12.6. The number of hydrogen-bond donors (Lipinski definition) is 1. The van der Waals surface area contributed by atoms with Crippen LogP contribution in [0.3, 0.4) is 0 Å². The van der Waals surface area contributed by atoms with Gasteiger partial charge in [0.1, 0.15) is 0 Å². The molecule has 5 heteroatoms. The van der Waals surface area contributed by atoms with Crippen molar-refractivity contribution < 1.29 is 4.92 Å². The standard InChI is InChI=1S/C13H19N3O2/c14-7-4-11-5-8-15(9-6-11)12-2-1-3-13(10-12)16(17)18/h1-3,10-11H,4-9,14H2. The number of anilines is 1. The van der Waals surface area contributed by atoms with Gasteiger partial charge in [-0.25, -0.2) is 0 Å². The summed E-state index contributed by atoms with van der Waals surface area (Å²) in [6.45, 7) is 2.68. The number of benzene rings is 1. The van der Waals surface area contributed by atoms with Crippen LogP contribution in [0, 0.1) is 16.0 Å². The fraction of sp³-hybridized carbons (Fsp3) is 0.538. The molecule has 18 heavy (non-hydrogen) atoms. The minimum Gasteiger partial charge on any atom is -0.371 e. The molecule has 1 aromatic rings. The molecule has 0 radical (unpaired) electrons. The molecule has 0 spiro atoms. The number of rotatable bonds is 4. The van der Waals surface area contributed by atoms with Crippen LogP contribution in [0.2, 0.25) is 0 Å². The summed E-state index contributed by atoms with van der Waals surface area (Å²) in [6.07, 6.45) is 3.34. The Labute approximate surface area is 107 Å². The summed E-state index contributed by atoms with van der Waals surface area (Å²) in [5.74, 6) is 0.713. The van der Waals surface area contributed by atoms with E-state index in [-0.39, 0.29) is 10.6 Å². The molecule has 1 aliphatic rings. The van der Waals surface area contributed by atoms with E-state index in [0.717, 1.165) is 44.6 Å². The Bertz CT molecular complexity index is 414. The summed E-state index contributed by atoms with van der Waals surface area (Å²) in [5.41, 5.74) is 6.69. The number of nitrogens with two attached hydrogens (primary N) is 1. The maximum atomic E-state index is 10.7. The molecule has 1 saturated heterocycles. The van der Waals surface area contributed by atoms with Crippen LogP contribution in [0.25, 0.3) is 0 Å². The predicted molar refractivity (Wildman–Crippen MR) is 71.7 cm³/mol. The quantitative estimate of drug-likeness (QED) is 0.655. The van der Waals surface area contributed by atoms with Crippen molar-refractivity contribution in [2.45, 2.75) is 19.3 Å². The zero-order valence-corrected chi connectivity index (χ0v) is 10.4. The molecule has 0 aromatic heterocycles. The average molecular weight is 249 g/mol. The molecule has 2 N–H and O–H groups in total. The molecule has 0 saturated carbocycles. The molecule has 98 valence electrons. The Morgan fingerprint density at radius 1 is 1.39 bits per heavy atom. The fourth-order valence-electron chi connectivity index (χ4n) is 2.52. The molecular formula is C13H19N3O2. The molecule has 0 aliphatic carbocycles. The van der Waals surface area contributed by atoms with E-state index in [1.54, 1.807) is 12.1 Å². The summed E-state index contributed by atoms with van der Waals surface area (Å²) >= 11 is 0. The highest BCUT2D eigenvalue weighted by molar-refractivity contribution is 5.53. The number of hydrogen-bond acceptors (Lipinski definition) is 4. The van der Waals surface area contributed by atoms with Gasteiger partial charge in [0.05, 0.1) is 4.92 Å². The van der Waals surface area contributed by atoms with E-state index in [2.05, 4.69) is 4.90 Å². The van der Waals surface area contributed by atoms with Gasteiger partial charge in [-0.1, -0.05) is 6.07 Å². The van der Waals surface area contributed by atoms with Crippen molar-refractivity contribution in [3.8, 4) is 0 Å².